The zero-order valence-electron chi connectivity index (χ0n) is 18.8. The van der Waals surface area contributed by atoms with Crippen molar-refractivity contribution in [3.63, 3.8) is 0 Å². The molecule has 1 aliphatic heterocycles. The van der Waals surface area contributed by atoms with E-state index in [1.807, 2.05) is 6.07 Å². The molecule has 3 aromatic rings. The number of hydrogen-bond donors (Lipinski definition) is 1. The van der Waals surface area contributed by atoms with Crippen molar-refractivity contribution in [2.24, 2.45) is 0 Å². The number of ketones is 2. The summed E-state index contributed by atoms with van der Waals surface area (Å²) in [7, 11) is 0. The minimum absolute atomic E-state index is 0.00810. The molecule has 5 rings (SSSR count). The third kappa shape index (κ3) is 4.14. The van der Waals surface area contributed by atoms with Crippen LogP contribution in [0.25, 0.3) is 0 Å². The maximum Gasteiger partial charge on any atom is 0.339 e. The monoisotopic (exact) mass is 471 g/mol. The van der Waals surface area contributed by atoms with Gasteiger partial charge in [0.05, 0.1) is 11.6 Å². The predicted molar refractivity (Wildman–Crippen MR) is 124 cm³/mol. The van der Waals surface area contributed by atoms with E-state index in [-0.39, 0.29) is 34.1 Å². The van der Waals surface area contributed by atoms with Gasteiger partial charge in [-0.1, -0.05) is 42.5 Å². The molecule has 0 saturated heterocycles. The van der Waals surface area contributed by atoms with Gasteiger partial charge in [0.2, 0.25) is 0 Å². The number of ether oxygens (including phenoxy) is 3. The van der Waals surface area contributed by atoms with Crippen molar-refractivity contribution in [1.82, 2.24) is 5.32 Å². The highest BCUT2D eigenvalue weighted by molar-refractivity contribution is 6.30. The molecule has 0 saturated carbocycles. The van der Waals surface area contributed by atoms with Gasteiger partial charge in [0.1, 0.15) is 13.2 Å². The molecule has 1 amide bonds. The Morgan fingerprint density at radius 1 is 0.886 bits per heavy atom. The first-order chi connectivity index (χ1) is 16.9. The highest BCUT2D eigenvalue weighted by atomic mass is 16.6. The second-order valence-electron chi connectivity index (χ2n) is 8.20. The lowest BCUT2D eigenvalue weighted by atomic mass is 9.82. The number of esters is 1. The van der Waals surface area contributed by atoms with Gasteiger partial charge in [-0.3, -0.25) is 14.4 Å². The summed E-state index contributed by atoms with van der Waals surface area (Å²) in [5, 5.41) is 2.77. The summed E-state index contributed by atoms with van der Waals surface area (Å²) in [5.74, 6) is -0.886. The summed E-state index contributed by atoms with van der Waals surface area (Å²) in [5.41, 5.74) is 1.40. The Balaban J connectivity index is 1.27. The van der Waals surface area contributed by atoms with E-state index in [9.17, 15) is 19.2 Å². The van der Waals surface area contributed by atoms with Crippen molar-refractivity contribution in [3.8, 4) is 11.5 Å². The molecule has 0 fully saturated rings. The Hall–Kier alpha value is -4.46. The number of carbonyl (C=O) groups is 4. The lowest BCUT2D eigenvalue weighted by molar-refractivity contribution is -0.124. The third-order valence-corrected chi connectivity index (χ3v) is 5.95. The first kappa shape index (κ1) is 22.3. The molecule has 0 spiro atoms. The number of carbonyl (C=O) groups excluding carboxylic acids is 4. The molecule has 176 valence electrons. The molecular weight excluding hydrogens is 450 g/mol. The maximum absolute atomic E-state index is 13.1. The summed E-state index contributed by atoms with van der Waals surface area (Å²) in [6.45, 7) is 2.19. The Labute approximate surface area is 200 Å². The fourth-order valence-corrected chi connectivity index (χ4v) is 4.22. The summed E-state index contributed by atoms with van der Waals surface area (Å²) >= 11 is 0. The van der Waals surface area contributed by atoms with Gasteiger partial charge in [-0.2, -0.15) is 0 Å². The first-order valence-corrected chi connectivity index (χ1v) is 11.1. The first-order valence-electron chi connectivity index (χ1n) is 11.1. The van der Waals surface area contributed by atoms with Crippen LogP contribution in [-0.2, 0) is 9.53 Å². The highest BCUT2D eigenvalue weighted by Gasteiger charge is 2.33. The quantitative estimate of drug-likeness (QED) is 0.445. The fourth-order valence-electron chi connectivity index (χ4n) is 4.22. The minimum Gasteiger partial charge on any atom is -0.486 e. The summed E-state index contributed by atoms with van der Waals surface area (Å²) in [4.78, 5) is 51.2. The summed E-state index contributed by atoms with van der Waals surface area (Å²) in [6.07, 6.45) is 0. The molecule has 1 atom stereocenters. The molecule has 8 nitrogen and oxygen atoms in total. The molecule has 0 aromatic heterocycles. The predicted octanol–water partition coefficient (Wildman–Crippen LogP) is 3.27. The van der Waals surface area contributed by atoms with E-state index in [4.69, 9.17) is 14.2 Å². The zero-order valence-corrected chi connectivity index (χ0v) is 18.8. The van der Waals surface area contributed by atoms with Gasteiger partial charge in [0.25, 0.3) is 5.91 Å². The van der Waals surface area contributed by atoms with Crippen LogP contribution < -0.4 is 14.8 Å². The molecule has 0 radical (unpaired) electrons. The lowest BCUT2D eigenvalue weighted by Gasteiger charge is -2.21. The van der Waals surface area contributed by atoms with Crippen molar-refractivity contribution in [1.29, 1.82) is 0 Å². The summed E-state index contributed by atoms with van der Waals surface area (Å²) in [6, 6.07) is 15.9. The fraction of sp³-hybridized carbons (Fsp3) is 0.185. The van der Waals surface area contributed by atoms with E-state index < -0.39 is 24.3 Å². The van der Waals surface area contributed by atoms with E-state index in [0.717, 1.165) is 5.56 Å². The Bertz CT molecular complexity index is 1380. The van der Waals surface area contributed by atoms with Crippen LogP contribution >= 0.6 is 0 Å². The molecule has 35 heavy (non-hydrogen) atoms. The third-order valence-electron chi connectivity index (χ3n) is 5.95. The van der Waals surface area contributed by atoms with Crippen molar-refractivity contribution in [2.45, 2.75) is 13.0 Å². The van der Waals surface area contributed by atoms with Crippen molar-refractivity contribution in [2.75, 3.05) is 19.8 Å². The largest absolute Gasteiger partial charge is 0.486 e. The van der Waals surface area contributed by atoms with E-state index in [0.29, 0.717) is 30.3 Å². The topological polar surface area (TPSA) is 108 Å². The van der Waals surface area contributed by atoms with E-state index in [1.165, 1.54) is 18.2 Å². The second kappa shape index (κ2) is 9.06. The molecule has 1 N–H and O–H groups in total. The Morgan fingerprint density at radius 3 is 2.34 bits per heavy atom. The molecule has 3 aromatic carbocycles. The smallest absolute Gasteiger partial charge is 0.339 e. The number of benzene rings is 3. The summed E-state index contributed by atoms with van der Waals surface area (Å²) < 4.78 is 16.3. The van der Waals surface area contributed by atoms with Gasteiger partial charge in [0, 0.05) is 22.3 Å². The molecule has 2 aliphatic rings. The van der Waals surface area contributed by atoms with Crippen molar-refractivity contribution >= 4 is 23.4 Å². The number of hydrogen-bond acceptors (Lipinski definition) is 7. The molecule has 1 unspecified atom stereocenters. The van der Waals surface area contributed by atoms with Crippen LogP contribution in [0.2, 0.25) is 0 Å². The van der Waals surface area contributed by atoms with Gasteiger partial charge in [-0.25, -0.2) is 4.79 Å². The number of nitrogens with one attached hydrogen (secondary N) is 1. The number of amides is 1. The van der Waals surface area contributed by atoms with Gasteiger partial charge < -0.3 is 19.5 Å². The van der Waals surface area contributed by atoms with Gasteiger partial charge in [-0.15, -0.1) is 0 Å². The van der Waals surface area contributed by atoms with Crippen LogP contribution in [0.1, 0.15) is 60.7 Å². The van der Waals surface area contributed by atoms with Crippen LogP contribution in [0.5, 0.6) is 11.5 Å². The molecular formula is C27H21NO7. The average molecular weight is 471 g/mol. The molecule has 0 bridgehead atoms. The Morgan fingerprint density at radius 2 is 1.57 bits per heavy atom. The SMILES string of the molecule is CC(NC(=O)COC(=O)c1cccc2c1C(=O)c1ccccc1C2=O)c1ccc2c(c1)OCCO2. The van der Waals surface area contributed by atoms with Crippen LogP contribution in [0.3, 0.4) is 0 Å². The van der Waals surface area contributed by atoms with Crippen LogP contribution in [-0.4, -0.2) is 43.3 Å². The molecule has 1 aliphatic carbocycles. The van der Waals surface area contributed by atoms with Crippen molar-refractivity contribution in [3.05, 3.63) is 94.0 Å². The number of rotatable bonds is 5. The molecule has 1 heterocycles. The minimum atomic E-state index is -0.857. The van der Waals surface area contributed by atoms with Gasteiger partial charge in [0.15, 0.2) is 29.7 Å². The van der Waals surface area contributed by atoms with Crippen molar-refractivity contribution < 1.29 is 33.4 Å². The average Bonchev–Trinajstić information content (AvgIpc) is 2.89. The van der Waals surface area contributed by atoms with Crippen LogP contribution in [0, 0.1) is 0 Å². The zero-order chi connectivity index (χ0) is 24.5. The normalized spacial score (nSPS) is 14.4. The standard InChI is InChI=1S/C27H21NO7/c1-15(16-9-10-21-22(13-16)34-12-11-33-21)28-23(29)14-35-27(32)20-8-4-7-19-24(20)26(31)18-6-3-2-5-17(18)25(19)30/h2-10,13,15H,11-12,14H2,1H3,(H,28,29). The lowest BCUT2D eigenvalue weighted by Crippen LogP contribution is -2.31. The van der Waals surface area contributed by atoms with E-state index in [2.05, 4.69) is 5.32 Å². The highest BCUT2D eigenvalue weighted by Crippen LogP contribution is 2.33. The van der Waals surface area contributed by atoms with Gasteiger partial charge >= 0.3 is 5.97 Å². The Kier molecular flexibility index (Phi) is 5.78. The van der Waals surface area contributed by atoms with E-state index in [1.54, 1.807) is 43.3 Å². The molecule has 8 heteroatoms. The maximum atomic E-state index is 13.1. The van der Waals surface area contributed by atoms with Crippen LogP contribution in [0.4, 0.5) is 0 Å². The van der Waals surface area contributed by atoms with E-state index >= 15 is 0 Å². The van der Waals surface area contributed by atoms with Crippen LogP contribution in [0.15, 0.2) is 60.7 Å². The van der Waals surface area contributed by atoms with Gasteiger partial charge in [-0.05, 0) is 30.7 Å². The number of fused-ring (bicyclic) bond motifs is 3. The second-order valence-corrected chi connectivity index (χ2v) is 8.20.